The van der Waals surface area contributed by atoms with Crippen LogP contribution in [0.1, 0.15) is 30.4 Å². The van der Waals surface area contributed by atoms with Crippen LogP contribution in [0.3, 0.4) is 0 Å². The van der Waals surface area contributed by atoms with Crippen LogP contribution < -0.4 is 4.74 Å². The molecular formula is C17H17BrCl2O. The van der Waals surface area contributed by atoms with Crippen LogP contribution in [0.5, 0.6) is 5.75 Å². The minimum Gasteiger partial charge on any atom is -0.495 e. The molecule has 0 aliphatic heterocycles. The van der Waals surface area contributed by atoms with E-state index < -0.39 is 0 Å². The maximum absolute atomic E-state index is 6.80. The van der Waals surface area contributed by atoms with Gasteiger partial charge >= 0.3 is 0 Å². The second-order valence-corrected chi connectivity index (χ2v) is 7.19. The Bertz CT molecular complexity index is 626. The van der Waals surface area contributed by atoms with Crippen LogP contribution in [-0.2, 0) is 5.41 Å². The largest absolute Gasteiger partial charge is 0.495 e. The van der Waals surface area contributed by atoms with Crippen molar-refractivity contribution < 1.29 is 4.74 Å². The van der Waals surface area contributed by atoms with E-state index in [1.807, 2.05) is 30.3 Å². The van der Waals surface area contributed by atoms with E-state index in [4.69, 9.17) is 27.9 Å². The molecule has 0 heterocycles. The Morgan fingerprint density at radius 3 is 2.33 bits per heavy atom. The summed E-state index contributed by atoms with van der Waals surface area (Å²) in [5.74, 6) is 0.725. The Kier molecular flexibility index (Phi) is 5.24. The molecule has 1 unspecified atom stereocenters. The van der Waals surface area contributed by atoms with Crippen LogP contribution >= 0.6 is 39.1 Å². The first kappa shape index (κ1) is 16.7. The minimum atomic E-state index is -0.273. The fourth-order valence-corrected chi connectivity index (χ4v) is 3.67. The molecule has 1 atom stereocenters. The first-order valence-electron chi connectivity index (χ1n) is 6.60. The first-order valence-corrected chi connectivity index (χ1v) is 8.21. The molecule has 2 rings (SSSR count). The summed E-state index contributed by atoms with van der Waals surface area (Å²) in [4.78, 5) is 0. The highest BCUT2D eigenvalue weighted by Crippen LogP contribution is 2.47. The topological polar surface area (TPSA) is 9.23 Å². The summed E-state index contributed by atoms with van der Waals surface area (Å²) in [5, 5.41) is 0.358. The van der Waals surface area contributed by atoms with Gasteiger partial charge in [-0.3, -0.25) is 0 Å². The number of alkyl halides is 1. The van der Waals surface area contributed by atoms with Crippen molar-refractivity contribution in [2.75, 3.05) is 7.11 Å². The van der Waals surface area contributed by atoms with Crippen molar-refractivity contribution >= 4 is 39.1 Å². The van der Waals surface area contributed by atoms with Gasteiger partial charge in [-0.1, -0.05) is 55.8 Å². The van der Waals surface area contributed by atoms with Crippen molar-refractivity contribution in [3.63, 3.8) is 0 Å². The molecule has 21 heavy (non-hydrogen) atoms. The molecule has 0 saturated heterocycles. The van der Waals surface area contributed by atoms with E-state index in [9.17, 15) is 0 Å². The predicted octanol–water partition coefficient (Wildman–Crippen LogP) is 6.37. The van der Waals surface area contributed by atoms with Crippen LogP contribution in [0.2, 0.25) is 5.02 Å². The van der Waals surface area contributed by atoms with Crippen LogP contribution in [0.15, 0.2) is 46.9 Å². The lowest BCUT2D eigenvalue weighted by Crippen LogP contribution is -2.23. The van der Waals surface area contributed by atoms with Gasteiger partial charge in [-0.25, -0.2) is 0 Å². The van der Waals surface area contributed by atoms with Crippen LogP contribution in [0.25, 0.3) is 0 Å². The van der Waals surface area contributed by atoms with Gasteiger partial charge in [-0.05, 0) is 33.6 Å². The van der Waals surface area contributed by atoms with Gasteiger partial charge in [0.05, 0.1) is 17.0 Å². The average molecular weight is 388 g/mol. The van der Waals surface area contributed by atoms with E-state index in [1.54, 1.807) is 7.11 Å². The normalized spacial score (nSPS) is 13.0. The Labute approximate surface area is 144 Å². The molecule has 0 bridgehead atoms. The van der Waals surface area contributed by atoms with Crippen LogP contribution in [0.4, 0.5) is 0 Å². The molecule has 0 saturated carbocycles. The molecular weight excluding hydrogens is 371 g/mol. The standard InChI is InChI=1S/C17H17BrCl2O/c1-17(2,11-7-5-4-6-8-11)16(20)13-9-12(19)10-14(18)15(13)21-3/h4-10,16H,1-3H3. The van der Waals surface area contributed by atoms with Crippen LogP contribution in [0, 0.1) is 0 Å². The average Bonchev–Trinajstić information content (AvgIpc) is 2.46. The molecule has 0 radical (unpaired) electrons. The van der Waals surface area contributed by atoms with Gasteiger partial charge in [0, 0.05) is 16.0 Å². The molecule has 0 N–H and O–H groups in total. The quantitative estimate of drug-likeness (QED) is 0.554. The maximum atomic E-state index is 6.80. The third-order valence-electron chi connectivity index (χ3n) is 3.67. The number of rotatable bonds is 4. The van der Waals surface area contributed by atoms with Gasteiger partial charge in [-0.2, -0.15) is 0 Å². The molecule has 1 nitrogen and oxygen atoms in total. The molecule has 2 aromatic carbocycles. The van der Waals surface area contributed by atoms with E-state index in [0.717, 1.165) is 15.8 Å². The lowest BCUT2D eigenvalue weighted by molar-refractivity contribution is 0.397. The Balaban J connectivity index is 2.51. The summed E-state index contributed by atoms with van der Waals surface area (Å²) >= 11 is 16.5. The summed E-state index contributed by atoms with van der Waals surface area (Å²) in [6, 6.07) is 13.9. The number of ether oxygens (including phenoxy) is 1. The number of halogens is 3. The number of hydrogen-bond donors (Lipinski definition) is 0. The molecule has 0 aliphatic rings. The number of hydrogen-bond acceptors (Lipinski definition) is 1. The summed E-state index contributed by atoms with van der Waals surface area (Å²) in [6.07, 6.45) is 0. The Morgan fingerprint density at radius 2 is 1.76 bits per heavy atom. The zero-order valence-corrected chi connectivity index (χ0v) is 15.3. The molecule has 2 aromatic rings. The molecule has 0 amide bonds. The van der Waals surface area contributed by atoms with Crippen molar-refractivity contribution in [1.29, 1.82) is 0 Å². The third-order valence-corrected chi connectivity index (χ3v) is 5.25. The summed E-state index contributed by atoms with van der Waals surface area (Å²) in [6.45, 7) is 4.24. The van der Waals surface area contributed by atoms with Crippen molar-refractivity contribution in [3.05, 3.63) is 63.1 Å². The van der Waals surface area contributed by atoms with E-state index in [0.29, 0.717) is 5.02 Å². The van der Waals surface area contributed by atoms with Gasteiger partial charge in [0.1, 0.15) is 5.75 Å². The van der Waals surface area contributed by atoms with Gasteiger partial charge in [0.25, 0.3) is 0 Å². The van der Waals surface area contributed by atoms with Gasteiger partial charge in [0.15, 0.2) is 0 Å². The molecule has 0 aromatic heterocycles. The second-order valence-electron chi connectivity index (χ2n) is 5.46. The molecule has 0 spiro atoms. The minimum absolute atomic E-state index is 0.264. The van der Waals surface area contributed by atoms with Crippen molar-refractivity contribution in [2.45, 2.75) is 24.6 Å². The highest BCUT2D eigenvalue weighted by atomic mass is 79.9. The highest BCUT2D eigenvalue weighted by molar-refractivity contribution is 9.10. The smallest absolute Gasteiger partial charge is 0.137 e. The lowest BCUT2D eigenvalue weighted by atomic mass is 9.78. The summed E-state index contributed by atoms with van der Waals surface area (Å²) in [5.41, 5.74) is 1.79. The molecule has 0 fully saturated rings. The summed E-state index contributed by atoms with van der Waals surface area (Å²) < 4.78 is 6.30. The van der Waals surface area contributed by atoms with Gasteiger partial charge in [0.2, 0.25) is 0 Å². The summed E-state index contributed by atoms with van der Waals surface area (Å²) in [7, 11) is 1.64. The molecule has 112 valence electrons. The maximum Gasteiger partial charge on any atom is 0.137 e. The molecule has 4 heteroatoms. The van der Waals surface area contributed by atoms with E-state index >= 15 is 0 Å². The van der Waals surface area contributed by atoms with E-state index in [1.165, 1.54) is 5.56 Å². The van der Waals surface area contributed by atoms with Crippen molar-refractivity contribution in [2.24, 2.45) is 0 Å². The molecule has 0 aliphatic carbocycles. The zero-order chi connectivity index (χ0) is 15.6. The highest BCUT2D eigenvalue weighted by Gasteiger charge is 2.33. The predicted molar refractivity (Wildman–Crippen MR) is 93.8 cm³/mol. The van der Waals surface area contributed by atoms with E-state index in [2.05, 4.69) is 41.9 Å². The lowest BCUT2D eigenvalue weighted by Gasteiger charge is -2.32. The Hall–Kier alpha value is -0.700. The number of benzene rings is 2. The zero-order valence-electron chi connectivity index (χ0n) is 12.2. The third kappa shape index (κ3) is 3.39. The second kappa shape index (κ2) is 6.60. The van der Waals surface area contributed by atoms with Gasteiger partial charge < -0.3 is 4.74 Å². The van der Waals surface area contributed by atoms with Crippen molar-refractivity contribution in [1.82, 2.24) is 0 Å². The van der Waals surface area contributed by atoms with Gasteiger partial charge in [-0.15, -0.1) is 11.6 Å². The first-order chi connectivity index (χ1) is 9.87. The SMILES string of the molecule is COc1c(Br)cc(Cl)cc1C(Cl)C(C)(C)c1ccccc1. The monoisotopic (exact) mass is 386 g/mol. The van der Waals surface area contributed by atoms with Crippen molar-refractivity contribution in [3.8, 4) is 5.75 Å². The van der Waals surface area contributed by atoms with E-state index in [-0.39, 0.29) is 10.8 Å². The van der Waals surface area contributed by atoms with Crippen LogP contribution in [-0.4, -0.2) is 7.11 Å². The fourth-order valence-electron chi connectivity index (χ4n) is 2.39. The Morgan fingerprint density at radius 1 is 1.14 bits per heavy atom. The fraction of sp³-hybridized carbons (Fsp3) is 0.294. The number of methoxy groups -OCH3 is 1.